The number of rotatable bonds is 8. The van der Waals surface area contributed by atoms with E-state index in [1.807, 2.05) is 18.2 Å². The number of guanidine groups is 1. The molecule has 1 fully saturated rings. The van der Waals surface area contributed by atoms with Gasteiger partial charge in [0.1, 0.15) is 0 Å². The number of nitrogens with zero attached hydrogens (tertiary/aromatic N) is 3. The second-order valence-corrected chi connectivity index (χ2v) is 7.06. The summed E-state index contributed by atoms with van der Waals surface area (Å²) >= 11 is 0. The molecule has 0 amide bonds. The smallest absolute Gasteiger partial charge is 0.356 e. The number of likely N-dealkylation sites (tertiary alicyclic amines) is 1. The third-order valence-corrected chi connectivity index (χ3v) is 4.54. The van der Waals surface area contributed by atoms with E-state index in [1.54, 1.807) is 7.05 Å². The molecule has 0 aromatic heterocycles. The molecule has 1 aliphatic heterocycles. The van der Waals surface area contributed by atoms with E-state index in [2.05, 4.69) is 39.7 Å². The summed E-state index contributed by atoms with van der Waals surface area (Å²) in [5.74, 6) is 0.652. The largest absolute Gasteiger partial charge is 0.401 e. The average Bonchev–Trinajstić information content (AvgIpc) is 3.03. The summed E-state index contributed by atoms with van der Waals surface area (Å²) in [7, 11) is 3.77. The number of hydrogen-bond donors (Lipinski definition) is 2. The highest BCUT2D eigenvalue weighted by Gasteiger charge is 2.34. The van der Waals surface area contributed by atoms with Crippen molar-refractivity contribution in [3.63, 3.8) is 0 Å². The topological polar surface area (TPSA) is 42.9 Å². The van der Waals surface area contributed by atoms with Crippen LogP contribution in [-0.2, 0) is 6.54 Å². The Balaban J connectivity index is 0.00000392. The van der Waals surface area contributed by atoms with Crippen molar-refractivity contribution in [3.05, 3.63) is 35.9 Å². The Labute approximate surface area is 182 Å². The molecule has 0 saturated carbocycles. The summed E-state index contributed by atoms with van der Waals surface area (Å²) in [5.41, 5.74) is 1.29. The Bertz CT molecular complexity index is 583. The molecule has 160 valence electrons. The van der Waals surface area contributed by atoms with Crippen molar-refractivity contribution < 1.29 is 13.2 Å². The van der Waals surface area contributed by atoms with Gasteiger partial charge in [0.05, 0.1) is 6.54 Å². The van der Waals surface area contributed by atoms with Gasteiger partial charge in [-0.3, -0.25) is 9.89 Å². The van der Waals surface area contributed by atoms with E-state index in [0.717, 1.165) is 26.1 Å². The van der Waals surface area contributed by atoms with Gasteiger partial charge in [0.25, 0.3) is 0 Å². The average molecular weight is 513 g/mol. The lowest BCUT2D eigenvalue weighted by Gasteiger charge is -2.20. The fourth-order valence-corrected chi connectivity index (χ4v) is 3.27. The van der Waals surface area contributed by atoms with Gasteiger partial charge in [-0.2, -0.15) is 13.2 Å². The van der Waals surface area contributed by atoms with Crippen LogP contribution in [0.25, 0.3) is 0 Å². The molecule has 28 heavy (non-hydrogen) atoms. The molecule has 1 aromatic rings. The number of benzene rings is 1. The summed E-state index contributed by atoms with van der Waals surface area (Å²) in [6.07, 6.45) is -2.49. The molecule has 0 radical (unpaired) electrons. The summed E-state index contributed by atoms with van der Waals surface area (Å²) < 4.78 is 37.4. The van der Waals surface area contributed by atoms with Crippen LogP contribution in [0.5, 0.6) is 0 Å². The standard InChI is InChI=1S/C19H30F3N5.HI/c1-23-18(25-17-9-12-27(14-17)15-19(20,21)22)24-10-6-11-26(2)13-16-7-4-3-5-8-16;/h3-5,7-8,17H,6,9-15H2,1-2H3,(H2,23,24,25);1H. The van der Waals surface area contributed by atoms with Gasteiger partial charge in [0.15, 0.2) is 5.96 Å². The van der Waals surface area contributed by atoms with Crippen LogP contribution < -0.4 is 10.6 Å². The maximum atomic E-state index is 12.5. The Morgan fingerprint density at radius 1 is 1.29 bits per heavy atom. The van der Waals surface area contributed by atoms with Crippen molar-refractivity contribution in [2.24, 2.45) is 4.99 Å². The normalized spacial score (nSPS) is 18.2. The first-order chi connectivity index (χ1) is 12.9. The minimum Gasteiger partial charge on any atom is -0.356 e. The number of alkyl halides is 3. The van der Waals surface area contributed by atoms with Gasteiger partial charge in [-0.15, -0.1) is 24.0 Å². The van der Waals surface area contributed by atoms with Gasteiger partial charge in [-0.1, -0.05) is 30.3 Å². The molecule has 1 heterocycles. The van der Waals surface area contributed by atoms with E-state index in [-0.39, 0.29) is 30.0 Å². The van der Waals surface area contributed by atoms with Crippen LogP contribution in [0.2, 0.25) is 0 Å². The molecule has 1 unspecified atom stereocenters. The first-order valence-electron chi connectivity index (χ1n) is 9.34. The zero-order chi connectivity index (χ0) is 19.7. The Morgan fingerprint density at radius 3 is 2.64 bits per heavy atom. The lowest BCUT2D eigenvalue weighted by atomic mass is 10.2. The van der Waals surface area contributed by atoms with Crippen LogP contribution in [0, 0.1) is 0 Å². The number of aliphatic imine (C=N–C) groups is 1. The second kappa shape index (κ2) is 12.5. The molecular formula is C19H31F3IN5. The summed E-state index contributed by atoms with van der Waals surface area (Å²) in [6, 6.07) is 10.3. The zero-order valence-electron chi connectivity index (χ0n) is 16.5. The third-order valence-electron chi connectivity index (χ3n) is 4.54. The molecule has 0 bridgehead atoms. The molecule has 1 aliphatic rings. The third kappa shape index (κ3) is 9.92. The maximum absolute atomic E-state index is 12.5. The highest BCUT2D eigenvalue weighted by Crippen LogP contribution is 2.19. The van der Waals surface area contributed by atoms with Crippen LogP contribution in [0.3, 0.4) is 0 Å². The van der Waals surface area contributed by atoms with Gasteiger partial charge >= 0.3 is 6.18 Å². The first-order valence-corrected chi connectivity index (χ1v) is 9.34. The predicted molar refractivity (Wildman–Crippen MR) is 118 cm³/mol. The minimum atomic E-state index is -4.14. The van der Waals surface area contributed by atoms with E-state index in [0.29, 0.717) is 25.5 Å². The van der Waals surface area contributed by atoms with Crippen LogP contribution in [0.1, 0.15) is 18.4 Å². The van der Waals surface area contributed by atoms with E-state index < -0.39 is 12.7 Å². The van der Waals surface area contributed by atoms with Crippen molar-refractivity contribution in [1.82, 2.24) is 20.4 Å². The van der Waals surface area contributed by atoms with Crippen molar-refractivity contribution in [1.29, 1.82) is 0 Å². The van der Waals surface area contributed by atoms with Crippen molar-refractivity contribution in [3.8, 4) is 0 Å². The molecule has 5 nitrogen and oxygen atoms in total. The zero-order valence-corrected chi connectivity index (χ0v) is 18.8. The SMILES string of the molecule is CN=C(NCCCN(C)Cc1ccccc1)NC1CCN(CC(F)(F)F)C1.I. The molecule has 1 aromatic carbocycles. The van der Waals surface area contributed by atoms with E-state index in [9.17, 15) is 13.2 Å². The molecule has 0 aliphatic carbocycles. The van der Waals surface area contributed by atoms with Crippen molar-refractivity contribution in [2.75, 3.05) is 46.8 Å². The van der Waals surface area contributed by atoms with E-state index in [1.165, 1.54) is 10.5 Å². The van der Waals surface area contributed by atoms with Crippen LogP contribution in [-0.4, -0.2) is 74.8 Å². The Hall–Kier alpha value is -1.07. The van der Waals surface area contributed by atoms with Crippen LogP contribution in [0.4, 0.5) is 13.2 Å². The van der Waals surface area contributed by atoms with Crippen molar-refractivity contribution >= 4 is 29.9 Å². The Morgan fingerprint density at radius 2 is 2.00 bits per heavy atom. The van der Waals surface area contributed by atoms with Crippen LogP contribution >= 0.6 is 24.0 Å². The highest BCUT2D eigenvalue weighted by molar-refractivity contribution is 14.0. The van der Waals surface area contributed by atoms with Gasteiger partial charge in [0.2, 0.25) is 0 Å². The second-order valence-electron chi connectivity index (χ2n) is 7.06. The Kier molecular flexibility index (Phi) is 11.1. The highest BCUT2D eigenvalue weighted by atomic mass is 127. The minimum absolute atomic E-state index is 0. The summed E-state index contributed by atoms with van der Waals surface area (Å²) in [5, 5.41) is 6.48. The molecule has 2 rings (SSSR count). The molecular weight excluding hydrogens is 482 g/mol. The lowest BCUT2D eigenvalue weighted by molar-refractivity contribution is -0.143. The lowest BCUT2D eigenvalue weighted by Crippen LogP contribution is -2.45. The van der Waals surface area contributed by atoms with Gasteiger partial charge in [-0.05, 0) is 32.0 Å². The van der Waals surface area contributed by atoms with Crippen molar-refractivity contribution in [2.45, 2.75) is 31.6 Å². The number of halogens is 4. The summed E-state index contributed by atoms with van der Waals surface area (Å²) in [6.45, 7) is 2.62. The monoisotopic (exact) mass is 513 g/mol. The van der Waals surface area contributed by atoms with Gasteiger partial charge < -0.3 is 15.5 Å². The van der Waals surface area contributed by atoms with Gasteiger partial charge in [-0.25, -0.2) is 0 Å². The predicted octanol–water partition coefficient (Wildman–Crippen LogP) is 2.93. The van der Waals surface area contributed by atoms with Crippen LogP contribution in [0.15, 0.2) is 35.3 Å². The van der Waals surface area contributed by atoms with E-state index >= 15 is 0 Å². The molecule has 1 saturated heterocycles. The fourth-order valence-electron chi connectivity index (χ4n) is 3.27. The maximum Gasteiger partial charge on any atom is 0.401 e. The first kappa shape index (κ1) is 25.0. The quantitative estimate of drug-likeness (QED) is 0.243. The summed E-state index contributed by atoms with van der Waals surface area (Å²) in [4.78, 5) is 7.87. The molecule has 1 atom stereocenters. The number of hydrogen-bond acceptors (Lipinski definition) is 3. The van der Waals surface area contributed by atoms with E-state index in [4.69, 9.17) is 0 Å². The van der Waals surface area contributed by atoms with Gasteiger partial charge in [0, 0.05) is 39.3 Å². The molecule has 9 heteroatoms. The molecule has 0 spiro atoms. The fraction of sp³-hybridized carbons (Fsp3) is 0.632. The number of nitrogens with one attached hydrogen (secondary N) is 2. The molecule has 2 N–H and O–H groups in total.